The van der Waals surface area contributed by atoms with Gasteiger partial charge in [0.05, 0.1) is 5.39 Å². The highest BCUT2D eigenvalue weighted by Gasteiger charge is 2.21. The average Bonchev–Trinajstić information content (AvgIpc) is 2.94. The van der Waals surface area contributed by atoms with Crippen LogP contribution >= 0.6 is 11.3 Å². The van der Waals surface area contributed by atoms with E-state index in [0.29, 0.717) is 5.88 Å². The van der Waals surface area contributed by atoms with E-state index < -0.39 is 5.82 Å². The molecule has 0 amide bonds. The van der Waals surface area contributed by atoms with Crippen LogP contribution in [0, 0.1) is 17.1 Å². The van der Waals surface area contributed by atoms with E-state index in [2.05, 4.69) is 9.97 Å². The Kier molecular flexibility index (Phi) is 3.43. The van der Waals surface area contributed by atoms with Crippen LogP contribution in [-0.4, -0.2) is 9.97 Å². The average molecular weight is 325 g/mol. The number of fused-ring (bicyclic) bond motifs is 3. The maximum atomic E-state index is 13.7. The number of aromatic nitrogens is 2. The predicted octanol–water partition coefficient (Wildman–Crippen LogP) is 4.37. The summed E-state index contributed by atoms with van der Waals surface area (Å²) < 4.78 is 19.6. The quantitative estimate of drug-likeness (QED) is 0.702. The first kappa shape index (κ1) is 14.1. The van der Waals surface area contributed by atoms with Gasteiger partial charge in [0.25, 0.3) is 0 Å². The highest BCUT2D eigenvalue weighted by atomic mass is 32.1. The fourth-order valence-electron chi connectivity index (χ4n) is 2.94. The van der Waals surface area contributed by atoms with Gasteiger partial charge >= 0.3 is 0 Å². The summed E-state index contributed by atoms with van der Waals surface area (Å²) in [7, 11) is 0. The van der Waals surface area contributed by atoms with Crippen LogP contribution in [0.5, 0.6) is 11.6 Å². The Bertz CT molecular complexity index is 945. The molecule has 0 atom stereocenters. The van der Waals surface area contributed by atoms with E-state index in [1.807, 2.05) is 6.07 Å². The van der Waals surface area contributed by atoms with Crippen molar-refractivity contribution in [2.45, 2.75) is 25.7 Å². The second-order valence-electron chi connectivity index (χ2n) is 5.40. The Morgan fingerprint density at radius 3 is 2.96 bits per heavy atom. The Morgan fingerprint density at radius 2 is 2.09 bits per heavy atom. The van der Waals surface area contributed by atoms with Gasteiger partial charge in [-0.2, -0.15) is 5.26 Å². The van der Waals surface area contributed by atoms with Crippen molar-refractivity contribution in [2.75, 3.05) is 0 Å². The monoisotopic (exact) mass is 325 g/mol. The lowest BCUT2D eigenvalue weighted by molar-refractivity contribution is 0.460. The zero-order chi connectivity index (χ0) is 15.8. The van der Waals surface area contributed by atoms with Gasteiger partial charge in [-0.3, -0.25) is 0 Å². The first-order valence-electron chi connectivity index (χ1n) is 7.39. The number of rotatable bonds is 2. The lowest BCUT2D eigenvalue weighted by atomic mass is 9.97. The topological polar surface area (TPSA) is 58.8 Å². The van der Waals surface area contributed by atoms with Crippen molar-refractivity contribution in [2.24, 2.45) is 0 Å². The number of thiophene rings is 1. The van der Waals surface area contributed by atoms with Crippen LogP contribution in [0.3, 0.4) is 0 Å². The lowest BCUT2D eigenvalue weighted by Crippen LogP contribution is -2.00. The van der Waals surface area contributed by atoms with Gasteiger partial charge in [0, 0.05) is 4.88 Å². The van der Waals surface area contributed by atoms with Crippen LogP contribution in [0.1, 0.15) is 28.8 Å². The number of benzene rings is 1. The molecule has 23 heavy (non-hydrogen) atoms. The zero-order valence-electron chi connectivity index (χ0n) is 12.2. The Labute approximate surface area is 136 Å². The smallest absolute Gasteiger partial charge is 0.231 e. The fourth-order valence-corrected chi connectivity index (χ4v) is 4.16. The van der Waals surface area contributed by atoms with Crippen molar-refractivity contribution in [3.05, 3.63) is 46.3 Å². The molecule has 1 aliphatic carbocycles. The molecule has 0 fully saturated rings. The van der Waals surface area contributed by atoms with Crippen LogP contribution in [0.25, 0.3) is 10.2 Å². The zero-order valence-corrected chi connectivity index (χ0v) is 13.0. The van der Waals surface area contributed by atoms with Gasteiger partial charge in [-0.05, 0) is 43.4 Å². The summed E-state index contributed by atoms with van der Waals surface area (Å²) in [6.45, 7) is 0. The van der Waals surface area contributed by atoms with Crippen molar-refractivity contribution in [1.29, 1.82) is 5.26 Å². The summed E-state index contributed by atoms with van der Waals surface area (Å²) in [6, 6.07) is 6.19. The standard InChI is InChI=1S/C17H12FN3OS/c18-12-5-3-6-13(11(12)8-19)22-16-15-10-4-1-2-7-14(10)23-17(15)21-9-20-16/h3,5-6,9H,1-2,4,7H2. The molecule has 0 bridgehead atoms. The molecule has 6 heteroatoms. The summed E-state index contributed by atoms with van der Waals surface area (Å²) in [5.41, 5.74) is 1.13. The van der Waals surface area contributed by atoms with Crippen molar-refractivity contribution < 1.29 is 9.13 Å². The van der Waals surface area contributed by atoms with Crippen molar-refractivity contribution in [1.82, 2.24) is 9.97 Å². The lowest BCUT2D eigenvalue weighted by Gasteiger charge is -2.12. The van der Waals surface area contributed by atoms with E-state index in [9.17, 15) is 4.39 Å². The highest BCUT2D eigenvalue weighted by Crippen LogP contribution is 2.40. The minimum Gasteiger partial charge on any atom is -0.437 e. The molecule has 4 rings (SSSR count). The maximum Gasteiger partial charge on any atom is 0.231 e. The van der Waals surface area contributed by atoms with E-state index in [1.165, 1.54) is 35.3 Å². The number of halogens is 1. The SMILES string of the molecule is N#Cc1c(F)cccc1Oc1ncnc2sc3c(c12)CCCC3. The molecule has 0 N–H and O–H groups in total. The minimum atomic E-state index is -0.595. The number of nitrogens with zero attached hydrogens (tertiary/aromatic N) is 3. The van der Waals surface area contributed by atoms with Gasteiger partial charge in [-0.25, -0.2) is 14.4 Å². The summed E-state index contributed by atoms with van der Waals surface area (Å²) in [6.07, 6.45) is 5.81. The van der Waals surface area contributed by atoms with Crippen molar-refractivity contribution in [3.8, 4) is 17.7 Å². The molecule has 0 saturated carbocycles. The molecule has 0 unspecified atom stereocenters. The summed E-state index contributed by atoms with van der Waals surface area (Å²) >= 11 is 1.67. The van der Waals surface area contributed by atoms with E-state index in [4.69, 9.17) is 10.00 Å². The van der Waals surface area contributed by atoms with Crippen molar-refractivity contribution in [3.63, 3.8) is 0 Å². The van der Waals surface area contributed by atoms with Gasteiger partial charge < -0.3 is 4.74 Å². The van der Waals surface area contributed by atoms with E-state index >= 15 is 0 Å². The molecule has 1 aromatic carbocycles. The fraction of sp³-hybridized carbons (Fsp3) is 0.235. The van der Waals surface area contributed by atoms with Crippen LogP contribution in [0.2, 0.25) is 0 Å². The Morgan fingerprint density at radius 1 is 1.22 bits per heavy atom. The molecule has 2 heterocycles. The van der Waals surface area contributed by atoms with E-state index in [1.54, 1.807) is 17.4 Å². The first-order valence-corrected chi connectivity index (χ1v) is 8.21. The molecular weight excluding hydrogens is 313 g/mol. The third-order valence-electron chi connectivity index (χ3n) is 4.01. The highest BCUT2D eigenvalue weighted by molar-refractivity contribution is 7.18. The molecule has 3 aromatic rings. The predicted molar refractivity (Wildman–Crippen MR) is 85.2 cm³/mol. The van der Waals surface area contributed by atoms with Gasteiger partial charge in [-0.15, -0.1) is 11.3 Å². The van der Waals surface area contributed by atoms with E-state index in [-0.39, 0.29) is 11.3 Å². The molecule has 1 aliphatic rings. The molecule has 0 aliphatic heterocycles. The van der Waals surface area contributed by atoms with Crippen LogP contribution in [0.4, 0.5) is 4.39 Å². The number of aryl methyl sites for hydroxylation is 2. The Hall–Kier alpha value is -2.52. The molecule has 2 aromatic heterocycles. The number of nitriles is 1. The second kappa shape index (κ2) is 5.60. The van der Waals surface area contributed by atoms with Gasteiger partial charge in [-0.1, -0.05) is 6.07 Å². The summed E-state index contributed by atoms with van der Waals surface area (Å²) in [5.74, 6) is -0.0117. The van der Waals surface area contributed by atoms with Crippen LogP contribution < -0.4 is 4.74 Å². The van der Waals surface area contributed by atoms with Gasteiger partial charge in [0.1, 0.15) is 34.4 Å². The van der Waals surface area contributed by atoms with Crippen molar-refractivity contribution >= 4 is 21.6 Å². The van der Waals surface area contributed by atoms with Gasteiger partial charge in [0.2, 0.25) is 5.88 Å². The molecule has 4 nitrogen and oxygen atoms in total. The number of ether oxygens (including phenoxy) is 1. The normalized spacial score (nSPS) is 13.6. The largest absolute Gasteiger partial charge is 0.437 e. The van der Waals surface area contributed by atoms with Gasteiger partial charge in [0.15, 0.2) is 0 Å². The number of hydrogen-bond donors (Lipinski definition) is 0. The third-order valence-corrected chi connectivity index (χ3v) is 5.21. The van der Waals surface area contributed by atoms with Crippen LogP contribution in [0.15, 0.2) is 24.5 Å². The van der Waals surface area contributed by atoms with Crippen LogP contribution in [-0.2, 0) is 12.8 Å². The summed E-state index contributed by atoms with van der Waals surface area (Å²) in [4.78, 5) is 10.8. The maximum absolute atomic E-state index is 13.7. The molecule has 0 spiro atoms. The molecular formula is C17H12FN3OS. The van der Waals surface area contributed by atoms with E-state index in [0.717, 1.165) is 29.5 Å². The molecule has 0 saturated heterocycles. The molecule has 0 radical (unpaired) electrons. The third kappa shape index (κ3) is 2.34. The molecule has 114 valence electrons. The first-order chi connectivity index (χ1) is 11.3. The Balaban J connectivity index is 1.86. The summed E-state index contributed by atoms with van der Waals surface area (Å²) in [5, 5.41) is 10.0. The number of hydrogen-bond acceptors (Lipinski definition) is 5. The minimum absolute atomic E-state index is 0.108. The second-order valence-corrected chi connectivity index (χ2v) is 6.48.